The number of ether oxygens (including phenoxy) is 1. The molecule has 39 heavy (non-hydrogen) atoms. The van der Waals surface area contributed by atoms with Crippen molar-refractivity contribution in [2.24, 2.45) is 0 Å². The molecule has 2 rings (SSSR count). The summed E-state index contributed by atoms with van der Waals surface area (Å²) >= 11 is 0. The molecule has 11 nitrogen and oxygen atoms in total. The lowest BCUT2D eigenvalue weighted by Crippen LogP contribution is -2.40. The van der Waals surface area contributed by atoms with Gasteiger partial charge in [0.1, 0.15) is 0 Å². The molecule has 3 amide bonds. The molecule has 14 heteroatoms. The van der Waals surface area contributed by atoms with Gasteiger partial charge < -0.3 is 30.9 Å². The van der Waals surface area contributed by atoms with E-state index < -0.39 is 42.1 Å². The normalized spacial score (nSPS) is 11.2. The number of carbonyl (C=O) groups is 5. The summed E-state index contributed by atoms with van der Waals surface area (Å²) in [5, 5.41) is 23.8. The van der Waals surface area contributed by atoms with Crippen LogP contribution in [0.2, 0.25) is 0 Å². The number of rotatable bonds is 11. The number of halogens is 3. The van der Waals surface area contributed by atoms with Crippen LogP contribution in [0.15, 0.2) is 54.6 Å². The van der Waals surface area contributed by atoms with E-state index in [1.807, 2.05) is 42.5 Å². The minimum absolute atomic E-state index is 0.0222. The summed E-state index contributed by atoms with van der Waals surface area (Å²) in [5.74, 6) is -4.77. The van der Waals surface area contributed by atoms with Gasteiger partial charge in [0.05, 0.1) is 25.6 Å². The quantitative estimate of drug-likeness (QED) is 0.282. The molecule has 1 unspecified atom stereocenters. The highest BCUT2D eigenvalue weighted by molar-refractivity contribution is 5.85. The van der Waals surface area contributed by atoms with E-state index in [1.165, 1.54) is 0 Å². The molecule has 0 aliphatic rings. The Morgan fingerprint density at radius 1 is 0.872 bits per heavy atom. The van der Waals surface area contributed by atoms with Gasteiger partial charge >= 0.3 is 24.2 Å². The summed E-state index contributed by atoms with van der Waals surface area (Å²) in [7, 11) is 0. The Bertz CT molecular complexity index is 1110. The second-order valence-corrected chi connectivity index (χ2v) is 7.68. The predicted octanol–water partition coefficient (Wildman–Crippen LogP) is 2.87. The van der Waals surface area contributed by atoms with Gasteiger partial charge in [0.15, 0.2) is 0 Å². The maximum atomic E-state index is 12.3. The Hall–Kier alpha value is -4.62. The molecule has 2 aromatic carbocycles. The molecule has 0 aliphatic heterocycles. The number of alkyl carbamates (subject to hydrolysis) is 1. The van der Waals surface area contributed by atoms with Gasteiger partial charge in [-0.15, -0.1) is 0 Å². The van der Waals surface area contributed by atoms with Crippen LogP contribution in [0.3, 0.4) is 0 Å². The van der Waals surface area contributed by atoms with Crippen LogP contribution in [-0.4, -0.2) is 65.9 Å². The lowest BCUT2D eigenvalue weighted by molar-refractivity contribution is -0.192. The Balaban J connectivity index is 0.000000956. The number of amides is 3. The van der Waals surface area contributed by atoms with Crippen LogP contribution in [0.4, 0.5) is 18.0 Å². The van der Waals surface area contributed by atoms with E-state index in [1.54, 1.807) is 19.1 Å². The Kier molecular flexibility index (Phi) is 13.5. The van der Waals surface area contributed by atoms with Crippen LogP contribution in [0.1, 0.15) is 31.4 Å². The zero-order valence-corrected chi connectivity index (χ0v) is 20.8. The van der Waals surface area contributed by atoms with Crippen LogP contribution in [0.25, 0.3) is 11.1 Å². The Morgan fingerprint density at radius 3 is 1.95 bits per heavy atom. The molecular formula is C25H28F3N3O8. The van der Waals surface area contributed by atoms with Gasteiger partial charge in [-0.3, -0.25) is 14.4 Å². The molecule has 0 bridgehead atoms. The average molecular weight is 556 g/mol. The van der Waals surface area contributed by atoms with Gasteiger partial charge in [0, 0.05) is 13.0 Å². The van der Waals surface area contributed by atoms with Crippen molar-refractivity contribution in [1.82, 2.24) is 16.0 Å². The van der Waals surface area contributed by atoms with Crippen molar-refractivity contribution < 1.29 is 52.1 Å². The lowest BCUT2D eigenvalue weighted by atomic mass is 9.99. The standard InChI is InChI=1S/C23H27N3O6.C2HF3O2/c1-2-32-23(31)24-13-12-20(27)25-15-21(28)26-19(14-22(29)30)18-10-8-17(9-11-18)16-6-4-3-5-7-16;3-2(4,5)1(6)7/h3-11,19H,2,12-15H2,1H3,(H,24,31)(H,25,27)(H,26,28)(H,29,30);(H,6,7). The maximum Gasteiger partial charge on any atom is 0.490 e. The molecule has 0 radical (unpaired) electrons. The number of hydrogen-bond acceptors (Lipinski definition) is 6. The first kappa shape index (κ1) is 32.4. The van der Waals surface area contributed by atoms with E-state index in [4.69, 9.17) is 9.90 Å². The summed E-state index contributed by atoms with van der Waals surface area (Å²) in [6.07, 6.45) is -6.02. The Morgan fingerprint density at radius 2 is 1.44 bits per heavy atom. The van der Waals surface area contributed by atoms with Crippen molar-refractivity contribution >= 4 is 29.8 Å². The number of benzene rings is 2. The minimum Gasteiger partial charge on any atom is -0.481 e. The minimum atomic E-state index is -5.08. The predicted molar refractivity (Wildman–Crippen MR) is 131 cm³/mol. The van der Waals surface area contributed by atoms with Crippen LogP contribution < -0.4 is 16.0 Å². The monoisotopic (exact) mass is 555 g/mol. The molecule has 2 aromatic rings. The first-order valence-corrected chi connectivity index (χ1v) is 11.5. The summed E-state index contributed by atoms with van der Waals surface area (Å²) < 4.78 is 36.4. The summed E-state index contributed by atoms with van der Waals surface area (Å²) in [5.41, 5.74) is 2.64. The molecule has 1 atom stereocenters. The van der Waals surface area contributed by atoms with E-state index in [-0.39, 0.29) is 32.5 Å². The SMILES string of the molecule is CCOC(=O)NCCC(=O)NCC(=O)NC(CC(=O)O)c1ccc(-c2ccccc2)cc1.O=C(O)C(F)(F)F. The van der Waals surface area contributed by atoms with Crippen LogP contribution >= 0.6 is 0 Å². The van der Waals surface area contributed by atoms with E-state index in [2.05, 4.69) is 20.7 Å². The third kappa shape index (κ3) is 13.5. The second kappa shape index (κ2) is 16.3. The van der Waals surface area contributed by atoms with Gasteiger partial charge in [0.25, 0.3) is 0 Å². The van der Waals surface area contributed by atoms with Crippen LogP contribution in [0, 0.1) is 0 Å². The Labute approximate surface area is 221 Å². The van der Waals surface area contributed by atoms with E-state index >= 15 is 0 Å². The molecule has 0 saturated heterocycles. The number of hydrogen-bond donors (Lipinski definition) is 5. The summed E-state index contributed by atoms with van der Waals surface area (Å²) in [4.78, 5) is 55.4. The topological polar surface area (TPSA) is 171 Å². The van der Waals surface area contributed by atoms with Crippen molar-refractivity contribution in [1.29, 1.82) is 0 Å². The van der Waals surface area contributed by atoms with Gasteiger partial charge in [-0.1, -0.05) is 54.6 Å². The van der Waals surface area contributed by atoms with Gasteiger partial charge in [-0.25, -0.2) is 9.59 Å². The first-order chi connectivity index (χ1) is 18.3. The number of carboxylic acid groups (broad SMARTS) is 2. The number of carboxylic acids is 2. The fourth-order valence-corrected chi connectivity index (χ4v) is 2.94. The molecule has 0 fully saturated rings. The third-order valence-electron chi connectivity index (χ3n) is 4.72. The fraction of sp³-hybridized carbons (Fsp3) is 0.320. The van der Waals surface area contributed by atoms with Crippen molar-refractivity contribution in [3.8, 4) is 11.1 Å². The van der Waals surface area contributed by atoms with Crippen molar-refractivity contribution in [2.75, 3.05) is 19.7 Å². The highest BCUT2D eigenvalue weighted by Gasteiger charge is 2.38. The van der Waals surface area contributed by atoms with E-state index in [0.717, 1.165) is 11.1 Å². The maximum absolute atomic E-state index is 12.3. The zero-order valence-electron chi connectivity index (χ0n) is 20.8. The smallest absolute Gasteiger partial charge is 0.481 e. The fourth-order valence-electron chi connectivity index (χ4n) is 2.94. The lowest BCUT2D eigenvalue weighted by Gasteiger charge is -2.18. The molecule has 5 N–H and O–H groups in total. The molecule has 0 spiro atoms. The van der Waals surface area contributed by atoms with Crippen LogP contribution in [0.5, 0.6) is 0 Å². The summed E-state index contributed by atoms with van der Waals surface area (Å²) in [6, 6.07) is 16.3. The van der Waals surface area contributed by atoms with E-state index in [0.29, 0.717) is 5.56 Å². The molecule has 0 aromatic heterocycles. The average Bonchev–Trinajstić information content (AvgIpc) is 2.87. The van der Waals surface area contributed by atoms with Gasteiger partial charge in [-0.2, -0.15) is 13.2 Å². The summed E-state index contributed by atoms with van der Waals surface area (Å²) in [6.45, 7) is 1.66. The first-order valence-electron chi connectivity index (χ1n) is 11.5. The number of nitrogens with one attached hydrogen (secondary N) is 3. The van der Waals surface area contributed by atoms with Gasteiger partial charge in [0.2, 0.25) is 11.8 Å². The van der Waals surface area contributed by atoms with Crippen molar-refractivity contribution in [2.45, 2.75) is 32.0 Å². The molecule has 0 saturated carbocycles. The molecule has 212 valence electrons. The van der Waals surface area contributed by atoms with Crippen LogP contribution in [-0.2, 0) is 23.9 Å². The number of alkyl halides is 3. The molecular weight excluding hydrogens is 527 g/mol. The highest BCUT2D eigenvalue weighted by Crippen LogP contribution is 2.23. The largest absolute Gasteiger partial charge is 0.490 e. The van der Waals surface area contributed by atoms with Gasteiger partial charge in [-0.05, 0) is 23.6 Å². The highest BCUT2D eigenvalue weighted by atomic mass is 19.4. The molecule has 0 heterocycles. The number of aliphatic carboxylic acids is 2. The van der Waals surface area contributed by atoms with E-state index in [9.17, 15) is 37.5 Å². The second-order valence-electron chi connectivity index (χ2n) is 7.68. The third-order valence-corrected chi connectivity index (χ3v) is 4.72. The van der Waals surface area contributed by atoms with Crippen molar-refractivity contribution in [3.63, 3.8) is 0 Å². The molecule has 0 aliphatic carbocycles. The van der Waals surface area contributed by atoms with Crippen molar-refractivity contribution in [3.05, 3.63) is 60.2 Å². The zero-order chi connectivity index (χ0) is 29.4. The number of carbonyl (C=O) groups excluding carboxylic acids is 3.